The van der Waals surface area contributed by atoms with E-state index in [1.807, 2.05) is 13.1 Å². The molecule has 176 valence electrons. The number of carbonyl (C=O) groups is 2. The SMILES string of the molecule is Cc1cc(C2CC2)cnc1N1CCN(C(=O)c2ccc(N3C(=O)OCC3C)cc2F)CC1.Cl. The van der Waals surface area contributed by atoms with Crippen LogP contribution in [-0.2, 0) is 4.74 Å². The summed E-state index contributed by atoms with van der Waals surface area (Å²) in [6, 6.07) is 6.35. The molecule has 0 bridgehead atoms. The molecule has 9 heteroatoms. The number of hydrogen-bond acceptors (Lipinski definition) is 5. The summed E-state index contributed by atoms with van der Waals surface area (Å²) in [5, 5.41) is 0. The molecule has 3 fully saturated rings. The Morgan fingerprint density at radius 1 is 1.15 bits per heavy atom. The lowest BCUT2D eigenvalue weighted by atomic mass is 10.1. The zero-order valence-electron chi connectivity index (χ0n) is 18.8. The standard InChI is InChI=1S/C24H27FN4O3.ClH/c1-15-11-18(17-3-4-17)13-26-22(15)27-7-9-28(10-8-27)23(30)20-6-5-19(12-21(20)25)29-16(2)14-32-24(29)31;/h5-6,11-13,16-17H,3-4,7-10,14H2,1-2H3;1H. The number of carbonyl (C=O) groups excluding carboxylic acids is 2. The van der Waals surface area contributed by atoms with Crippen LogP contribution in [0, 0.1) is 12.7 Å². The number of rotatable bonds is 4. The van der Waals surface area contributed by atoms with Crippen molar-refractivity contribution in [2.24, 2.45) is 0 Å². The maximum absolute atomic E-state index is 14.8. The molecule has 2 amide bonds. The number of nitrogens with zero attached hydrogens (tertiary/aromatic N) is 4. The van der Waals surface area contributed by atoms with E-state index >= 15 is 0 Å². The first-order valence-electron chi connectivity index (χ1n) is 11.2. The lowest BCUT2D eigenvalue weighted by molar-refractivity contribution is 0.0742. The Kier molecular flexibility index (Phi) is 6.47. The van der Waals surface area contributed by atoms with Gasteiger partial charge in [-0.25, -0.2) is 14.2 Å². The monoisotopic (exact) mass is 474 g/mol. The molecule has 7 nitrogen and oxygen atoms in total. The summed E-state index contributed by atoms with van der Waals surface area (Å²) in [7, 11) is 0. The molecule has 2 aromatic rings. The molecule has 3 aliphatic rings. The maximum atomic E-state index is 14.8. The molecule has 2 aliphatic heterocycles. The van der Waals surface area contributed by atoms with Gasteiger partial charge in [0.05, 0.1) is 17.3 Å². The van der Waals surface area contributed by atoms with Gasteiger partial charge in [0, 0.05) is 32.4 Å². The molecule has 1 atom stereocenters. The molecule has 1 aliphatic carbocycles. The molecule has 1 unspecified atom stereocenters. The van der Waals surface area contributed by atoms with Crippen molar-refractivity contribution in [1.82, 2.24) is 9.88 Å². The molecular weight excluding hydrogens is 447 g/mol. The molecule has 5 rings (SSSR count). The van der Waals surface area contributed by atoms with Crippen LogP contribution in [0.3, 0.4) is 0 Å². The number of pyridine rings is 1. The molecule has 0 radical (unpaired) electrons. The minimum atomic E-state index is -0.630. The van der Waals surface area contributed by atoms with Crippen LogP contribution in [0.25, 0.3) is 0 Å². The maximum Gasteiger partial charge on any atom is 0.414 e. The average Bonchev–Trinajstić information content (AvgIpc) is 3.58. The van der Waals surface area contributed by atoms with Crippen molar-refractivity contribution in [3.8, 4) is 0 Å². The second-order valence-corrected chi connectivity index (χ2v) is 8.92. The Morgan fingerprint density at radius 3 is 2.45 bits per heavy atom. The van der Waals surface area contributed by atoms with Gasteiger partial charge in [0.2, 0.25) is 0 Å². The Hall–Kier alpha value is -2.87. The number of amides is 2. The van der Waals surface area contributed by atoms with Gasteiger partial charge in [-0.2, -0.15) is 0 Å². The van der Waals surface area contributed by atoms with Gasteiger partial charge in [0.15, 0.2) is 0 Å². The summed E-state index contributed by atoms with van der Waals surface area (Å²) in [4.78, 5) is 34.8. The summed E-state index contributed by atoms with van der Waals surface area (Å²) >= 11 is 0. The van der Waals surface area contributed by atoms with Crippen LogP contribution in [0.4, 0.5) is 20.7 Å². The largest absolute Gasteiger partial charge is 0.447 e. The van der Waals surface area contributed by atoms with Gasteiger partial charge in [0.25, 0.3) is 5.91 Å². The summed E-state index contributed by atoms with van der Waals surface area (Å²) < 4.78 is 19.8. The molecule has 3 heterocycles. The lowest BCUT2D eigenvalue weighted by Crippen LogP contribution is -2.49. The predicted octanol–water partition coefficient (Wildman–Crippen LogP) is 4.14. The first kappa shape index (κ1) is 23.3. The van der Waals surface area contributed by atoms with Crippen molar-refractivity contribution in [3.05, 3.63) is 53.0 Å². The van der Waals surface area contributed by atoms with Crippen LogP contribution >= 0.6 is 12.4 Å². The molecule has 1 aromatic heterocycles. The normalized spacial score (nSPS) is 20.5. The van der Waals surface area contributed by atoms with Gasteiger partial charge in [-0.15, -0.1) is 12.4 Å². The fourth-order valence-electron chi connectivity index (χ4n) is 4.56. The highest BCUT2D eigenvalue weighted by molar-refractivity contribution is 5.96. The number of anilines is 2. The fourth-order valence-corrected chi connectivity index (χ4v) is 4.56. The molecule has 33 heavy (non-hydrogen) atoms. The number of aryl methyl sites for hydroxylation is 1. The topological polar surface area (TPSA) is 66.0 Å². The highest BCUT2D eigenvalue weighted by Gasteiger charge is 2.32. The summed E-state index contributed by atoms with van der Waals surface area (Å²) in [5.41, 5.74) is 2.89. The molecule has 1 saturated carbocycles. The fraction of sp³-hybridized carbons (Fsp3) is 0.458. The van der Waals surface area contributed by atoms with E-state index in [1.54, 1.807) is 11.0 Å². The van der Waals surface area contributed by atoms with Crippen molar-refractivity contribution >= 4 is 35.9 Å². The minimum Gasteiger partial charge on any atom is -0.447 e. The number of cyclic esters (lactones) is 1. The molecule has 2 saturated heterocycles. The smallest absolute Gasteiger partial charge is 0.414 e. The van der Waals surface area contributed by atoms with Gasteiger partial charge in [-0.3, -0.25) is 9.69 Å². The minimum absolute atomic E-state index is 0. The van der Waals surface area contributed by atoms with Crippen LogP contribution in [0.1, 0.15) is 47.2 Å². The number of piperazine rings is 1. The first-order valence-corrected chi connectivity index (χ1v) is 11.2. The van der Waals surface area contributed by atoms with E-state index in [2.05, 4.69) is 22.9 Å². The van der Waals surface area contributed by atoms with Gasteiger partial charge in [0.1, 0.15) is 18.2 Å². The highest BCUT2D eigenvalue weighted by Crippen LogP contribution is 2.40. The van der Waals surface area contributed by atoms with Crippen LogP contribution in [0.2, 0.25) is 0 Å². The van der Waals surface area contributed by atoms with Gasteiger partial charge >= 0.3 is 6.09 Å². The van der Waals surface area contributed by atoms with E-state index in [1.165, 1.54) is 35.4 Å². The second-order valence-electron chi connectivity index (χ2n) is 8.92. The van der Waals surface area contributed by atoms with E-state index in [0.29, 0.717) is 37.8 Å². The third-order valence-corrected chi connectivity index (χ3v) is 6.53. The van der Waals surface area contributed by atoms with Crippen LogP contribution in [-0.4, -0.2) is 60.7 Å². The summed E-state index contributed by atoms with van der Waals surface area (Å²) in [6.45, 7) is 6.49. The number of aromatic nitrogens is 1. The second kappa shape index (κ2) is 9.17. The van der Waals surface area contributed by atoms with Crippen molar-refractivity contribution in [3.63, 3.8) is 0 Å². The molecule has 0 spiro atoms. The van der Waals surface area contributed by atoms with Crippen molar-refractivity contribution in [2.45, 2.75) is 38.6 Å². The highest BCUT2D eigenvalue weighted by atomic mass is 35.5. The van der Waals surface area contributed by atoms with E-state index in [9.17, 15) is 14.0 Å². The zero-order chi connectivity index (χ0) is 22.4. The van der Waals surface area contributed by atoms with Crippen LogP contribution in [0.15, 0.2) is 30.5 Å². The van der Waals surface area contributed by atoms with Gasteiger partial charge in [-0.05, 0) is 61.9 Å². The Balaban J connectivity index is 0.00000259. The van der Waals surface area contributed by atoms with Gasteiger partial charge in [-0.1, -0.05) is 6.07 Å². The summed E-state index contributed by atoms with van der Waals surface area (Å²) in [6.07, 6.45) is 3.98. The van der Waals surface area contributed by atoms with Crippen molar-refractivity contribution in [2.75, 3.05) is 42.6 Å². The number of ether oxygens (including phenoxy) is 1. The van der Waals surface area contributed by atoms with E-state index < -0.39 is 11.9 Å². The Bertz CT molecular complexity index is 1070. The van der Waals surface area contributed by atoms with Crippen LogP contribution < -0.4 is 9.80 Å². The van der Waals surface area contributed by atoms with Gasteiger partial charge < -0.3 is 14.5 Å². The molecule has 1 aromatic carbocycles. The van der Waals surface area contributed by atoms with E-state index in [4.69, 9.17) is 4.74 Å². The first-order chi connectivity index (χ1) is 15.4. The van der Waals surface area contributed by atoms with E-state index in [-0.39, 0.29) is 36.5 Å². The quantitative estimate of drug-likeness (QED) is 0.666. The van der Waals surface area contributed by atoms with Crippen LogP contribution in [0.5, 0.6) is 0 Å². The molecular formula is C24H28ClFN4O3. The van der Waals surface area contributed by atoms with Crippen molar-refractivity contribution < 1.29 is 18.7 Å². The van der Waals surface area contributed by atoms with Crippen molar-refractivity contribution in [1.29, 1.82) is 0 Å². The number of hydrogen-bond donors (Lipinski definition) is 0. The summed E-state index contributed by atoms with van der Waals surface area (Å²) in [5.74, 6) is 0.670. The third kappa shape index (κ3) is 4.49. The Labute approximate surface area is 198 Å². The number of benzene rings is 1. The third-order valence-electron chi connectivity index (χ3n) is 6.53. The zero-order valence-corrected chi connectivity index (χ0v) is 19.6. The average molecular weight is 475 g/mol. The Morgan fingerprint density at radius 2 is 1.88 bits per heavy atom. The predicted molar refractivity (Wildman–Crippen MR) is 126 cm³/mol. The van der Waals surface area contributed by atoms with E-state index in [0.717, 1.165) is 11.4 Å². The lowest BCUT2D eigenvalue weighted by Gasteiger charge is -2.36. The molecule has 0 N–H and O–H groups in total. The number of halogens is 2.